The van der Waals surface area contributed by atoms with E-state index in [2.05, 4.69) is 15.9 Å². The van der Waals surface area contributed by atoms with Crippen molar-refractivity contribution < 1.29 is 4.79 Å². The number of nitrogens with zero attached hydrogens (tertiary/aromatic N) is 1. The van der Waals surface area contributed by atoms with Gasteiger partial charge in [0.1, 0.15) is 0 Å². The van der Waals surface area contributed by atoms with Gasteiger partial charge in [-0.2, -0.15) is 0 Å². The molecule has 2 nitrogen and oxygen atoms in total. The van der Waals surface area contributed by atoms with Crippen LogP contribution in [0.3, 0.4) is 0 Å². The van der Waals surface area contributed by atoms with Gasteiger partial charge in [-0.3, -0.25) is 4.79 Å². The van der Waals surface area contributed by atoms with Crippen LogP contribution in [-0.2, 0) is 6.54 Å². The minimum absolute atomic E-state index is 0.149. The third-order valence-electron chi connectivity index (χ3n) is 2.56. The van der Waals surface area contributed by atoms with Crippen molar-refractivity contribution in [3.8, 4) is 0 Å². The number of benzene rings is 1. The summed E-state index contributed by atoms with van der Waals surface area (Å²) in [5.74, 6) is 0.149. The zero-order chi connectivity index (χ0) is 10.3. The molecule has 0 saturated heterocycles. The fourth-order valence-electron chi connectivity index (χ4n) is 1.73. The molecule has 0 atom stereocenters. The molecule has 74 valence electrons. The van der Waals surface area contributed by atoms with Crippen LogP contribution in [0.5, 0.6) is 0 Å². The Bertz CT molecular complexity index is 387. The van der Waals surface area contributed by atoms with Crippen LogP contribution in [-0.4, -0.2) is 16.8 Å². The predicted molar refractivity (Wildman–Crippen MR) is 59.2 cm³/mol. The average molecular weight is 254 g/mol. The first kappa shape index (κ1) is 9.71. The van der Waals surface area contributed by atoms with E-state index in [1.54, 1.807) is 0 Å². The van der Waals surface area contributed by atoms with Crippen molar-refractivity contribution in [3.63, 3.8) is 0 Å². The smallest absolute Gasteiger partial charge is 0.254 e. The third-order valence-corrected chi connectivity index (χ3v) is 3.30. The second-order valence-electron chi connectivity index (χ2n) is 3.79. The van der Waals surface area contributed by atoms with E-state index in [1.807, 2.05) is 36.9 Å². The van der Waals surface area contributed by atoms with Crippen LogP contribution in [0.2, 0.25) is 0 Å². The number of carbonyl (C=O) groups excluding carboxylic acids is 1. The first-order valence-corrected chi connectivity index (χ1v) is 5.49. The molecule has 1 amide bonds. The van der Waals surface area contributed by atoms with Crippen LogP contribution in [0, 0.1) is 0 Å². The molecule has 0 aromatic heterocycles. The summed E-state index contributed by atoms with van der Waals surface area (Å²) in [7, 11) is 0. The molecule has 3 heteroatoms. The second-order valence-corrected chi connectivity index (χ2v) is 4.65. The zero-order valence-electron chi connectivity index (χ0n) is 8.25. The molecule has 0 fully saturated rings. The Morgan fingerprint density at radius 1 is 1.43 bits per heavy atom. The second kappa shape index (κ2) is 3.39. The van der Waals surface area contributed by atoms with Gasteiger partial charge < -0.3 is 4.90 Å². The maximum atomic E-state index is 11.9. The molecule has 1 aromatic carbocycles. The van der Waals surface area contributed by atoms with Gasteiger partial charge in [-0.05, 0) is 31.5 Å². The molecule has 1 aliphatic heterocycles. The molecule has 0 N–H and O–H groups in total. The Balaban J connectivity index is 2.45. The van der Waals surface area contributed by atoms with Crippen LogP contribution in [0.25, 0.3) is 0 Å². The fourth-order valence-corrected chi connectivity index (χ4v) is 2.23. The topological polar surface area (TPSA) is 20.3 Å². The predicted octanol–water partition coefficient (Wildman–Crippen LogP) is 2.81. The lowest BCUT2D eigenvalue weighted by molar-refractivity contribution is 0.0730. The number of amides is 1. The SMILES string of the molecule is CC(C)N1Cc2c(Br)cccc2C1=O. The first-order chi connectivity index (χ1) is 6.61. The summed E-state index contributed by atoms with van der Waals surface area (Å²) >= 11 is 3.47. The summed E-state index contributed by atoms with van der Waals surface area (Å²) in [5.41, 5.74) is 1.96. The Morgan fingerprint density at radius 3 is 2.71 bits per heavy atom. The average Bonchev–Trinajstić information content (AvgIpc) is 2.46. The van der Waals surface area contributed by atoms with E-state index in [9.17, 15) is 4.79 Å². The lowest BCUT2D eigenvalue weighted by atomic mass is 10.1. The van der Waals surface area contributed by atoms with E-state index in [1.165, 1.54) is 0 Å². The minimum atomic E-state index is 0.149. The van der Waals surface area contributed by atoms with E-state index in [-0.39, 0.29) is 11.9 Å². The highest BCUT2D eigenvalue weighted by atomic mass is 79.9. The molecule has 0 radical (unpaired) electrons. The lowest BCUT2D eigenvalue weighted by Gasteiger charge is -2.19. The van der Waals surface area contributed by atoms with Crippen molar-refractivity contribution in [2.45, 2.75) is 26.4 Å². The Labute approximate surface area is 92.0 Å². The van der Waals surface area contributed by atoms with Crippen molar-refractivity contribution in [2.75, 3.05) is 0 Å². The van der Waals surface area contributed by atoms with Gasteiger partial charge in [0.25, 0.3) is 5.91 Å². The van der Waals surface area contributed by atoms with Gasteiger partial charge in [-0.1, -0.05) is 22.0 Å². The third kappa shape index (κ3) is 1.36. The molecular weight excluding hydrogens is 242 g/mol. The summed E-state index contributed by atoms with van der Waals surface area (Å²) in [4.78, 5) is 13.8. The van der Waals surface area contributed by atoms with Gasteiger partial charge in [0.15, 0.2) is 0 Å². The molecule has 1 aromatic rings. The first-order valence-electron chi connectivity index (χ1n) is 4.69. The summed E-state index contributed by atoms with van der Waals surface area (Å²) < 4.78 is 1.03. The molecule has 1 heterocycles. The van der Waals surface area contributed by atoms with Crippen LogP contribution >= 0.6 is 15.9 Å². The van der Waals surface area contributed by atoms with Crippen LogP contribution < -0.4 is 0 Å². The zero-order valence-corrected chi connectivity index (χ0v) is 9.84. The van der Waals surface area contributed by atoms with Gasteiger partial charge in [-0.25, -0.2) is 0 Å². The molecule has 0 bridgehead atoms. The van der Waals surface area contributed by atoms with Gasteiger partial charge >= 0.3 is 0 Å². The molecule has 14 heavy (non-hydrogen) atoms. The van der Waals surface area contributed by atoms with Crippen LogP contribution in [0.4, 0.5) is 0 Å². The fraction of sp³-hybridized carbons (Fsp3) is 0.364. The maximum Gasteiger partial charge on any atom is 0.254 e. The molecule has 0 spiro atoms. The molecule has 0 saturated carbocycles. The van der Waals surface area contributed by atoms with Crippen LogP contribution in [0.1, 0.15) is 29.8 Å². The van der Waals surface area contributed by atoms with Gasteiger partial charge in [0, 0.05) is 22.6 Å². The molecular formula is C11H12BrNO. The van der Waals surface area contributed by atoms with Gasteiger partial charge in [-0.15, -0.1) is 0 Å². The largest absolute Gasteiger partial charge is 0.332 e. The van der Waals surface area contributed by atoms with Crippen molar-refractivity contribution in [1.29, 1.82) is 0 Å². The summed E-state index contributed by atoms with van der Waals surface area (Å²) in [6, 6.07) is 6.05. The van der Waals surface area contributed by atoms with Gasteiger partial charge in [0.2, 0.25) is 0 Å². The highest BCUT2D eigenvalue weighted by molar-refractivity contribution is 9.10. The van der Waals surface area contributed by atoms with E-state index in [0.29, 0.717) is 0 Å². The summed E-state index contributed by atoms with van der Waals surface area (Å²) in [6.07, 6.45) is 0. The van der Waals surface area contributed by atoms with Gasteiger partial charge in [0.05, 0.1) is 0 Å². The van der Waals surface area contributed by atoms with Crippen LogP contribution in [0.15, 0.2) is 22.7 Å². The Hall–Kier alpha value is -0.830. The quantitative estimate of drug-likeness (QED) is 0.754. The number of hydrogen-bond donors (Lipinski definition) is 0. The molecule has 0 aliphatic carbocycles. The maximum absolute atomic E-state index is 11.9. The number of carbonyl (C=O) groups is 1. The monoisotopic (exact) mass is 253 g/mol. The molecule has 2 rings (SSSR count). The van der Waals surface area contributed by atoms with E-state index >= 15 is 0 Å². The summed E-state index contributed by atoms with van der Waals surface area (Å²) in [5, 5.41) is 0. The van der Waals surface area contributed by atoms with E-state index < -0.39 is 0 Å². The highest BCUT2D eigenvalue weighted by Gasteiger charge is 2.29. The molecule has 0 unspecified atom stereocenters. The summed E-state index contributed by atoms with van der Waals surface area (Å²) in [6.45, 7) is 4.81. The van der Waals surface area contributed by atoms with Crippen molar-refractivity contribution in [1.82, 2.24) is 4.90 Å². The van der Waals surface area contributed by atoms with Crippen molar-refractivity contribution >= 4 is 21.8 Å². The number of hydrogen-bond acceptors (Lipinski definition) is 1. The Morgan fingerprint density at radius 2 is 2.14 bits per heavy atom. The Kier molecular flexibility index (Phi) is 2.35. The van der Waals surface area contributed by atoms with Crippen molar-refractivity contribution in [2.24, 2.45) is 0 Å². The minimum Gasteiger partial charge on any atom is -0.332 e. The van der Waals surface area contributed by atoms with E-state index in [4.69, 9.17) is 0 Å². The number of rotatable bonds is 1. The highest BCUT2D eigenvalue weighted by Crippen LogP contribution is 2.30. The van der Waals surface area contributed by atoms with Crippen molar-refractivity contribution in [3.05, 3.63) is 33.8 Å². The van der Waals surface area contributed by atoms with E-state index in [0.717, 1.165) is 22.1 Å². The standard InChI is InChI=1S/C11H12BrNO/c1-7(2)13-6-9-8(11(13)14)4-3-5-10(9)12/h3-5,7H,6H2,1-2H3. The molecule has 1 aliphatic rings. The normalized spacial score (nSPS) is 15.1. The number of fused-ring (bicyclic) bond motifs is 1. The number of halogens is 1. The lowest BCUT2D eigenvalue weighted by Crippen LogP contribution is -2.30.